The third kappa shape index (κ3) is 46.2. The lowest BCUT2D eigenvalue weighted by atomic mass is 9.96. The number of carbonyl (C=O) groups is 23. The third-order valence-corrected chi connectivity index (χ3v) is 23.2. The van der Waals surface area contributed by atoms with Crippen molar-refractivity contribution in [3.05, 3.63) is 0 Å². The van der Waals surface area contributed by atoms with Crippen molar-refractivity contribution in [2.45, 2.75) is 352 Å². The molecule has 142 heavy (non-hydrogen) atoms. The molecule has 0 spiro atoms. The number of aliphatic hydroxyl groups excluding tert-OH is 2. The zero-order chi connectivity index (χ0) is 109. The number of amides is 20. The largest absolute Gasteiger partial charge is 0.481 e. The number of carbonyl (C=O) groups excluding carboxylic acids is 20. The van der Waals surface area contributed by atoms with Gasteiger partial charge in [-0.2, -0.15) is 0 Å². The first-order valence-electron chi connectivity index (χ1n) is 48.6. The van der Waals surface area contributed by atoms with E-state index in [4.69, 9.17) is 11.5 Å². The summed E-state index contributed by atoms with van der Waals surface area (Å²) < 4.78 is 0. The summed E-state index contributed by atoms with van der Waals surface area (Å²) in [7, 11) is 0. The number of hydrogen-bond acceptors (Lipinski definition) is 26. The van der Waals surface area contributed by atoms with Crippen molar-refractivity contribution in [1.29, 1.82) is 0 Å². The van der Waals surface area contributed by atoms with Gasteiger partial charge in [-0.15, -0.1) is 0 Å². The average Bonchev–Trinajstić information content (AvgIpc) is 1.80. The van der Waals surface area contributed by atoms with Crippen LogP contribution >= 0.6 is 0 Å². The summed E-state index contributed by atoms with van der Waals surface area (Å²) in [6, 6.07) is -26.3. The second-order valence-corrected chi connectivity index (χ2v) is 40.0. The molecule has 49 heteroatoms. The number of nitrogens with one attached hydrogen (secondary N) is 18. The molecule has 1 aliphatic rings. The molecular weight excluding hydrogens is 1860 g/mol. The second kappa shape index (κ2) is 62.9. The number of hydrogen-bond donors (Lipinski definition) is 25. The number of carboxylic acids is 3. The Bertz CT molecular complexity index is 4320. The van der Waals surface area contributed by atoms with E-state index in [2.05, 4.69) is 95.7 Å². The molecule has 1 rings (SSSR count). The summed E-state index contributed by atoms with van der Waals surface area (Å²) in [4.78, 5) is 314. The van der Waals surface area contributed by atoms with Crippen molar-refractivity contribution in [1.82, 2.24) is 101 Å². The van der Waals surface area contributed by atoms with E-state index in [1.165, 1.54) is 32.6 Å². The predicted octanol–water partition coefficient (Wildman–Crippen LogP) is -4.46. The standard InChI is InChI=1S/C93H161N21O28/c1-24-51(21)71(94)88(137)104-55(30-43(5)6)80(129)98-40-67(119)114-28-26-27-64(114)87(136)112-74(50(19)20)90(139)106-56(31-44(7)8)78(127)96-38-65(117)99-58(33-46(11)12)83(132)110-73(49(17)18)91(140)108-63(41-115)86(135)103-62(37-70(124)125)85(134)113-76(53(23)116)93(142)107-59(34-47(13)14)81(130)101-60(35-68(120)121)82(131)102-61(36-69(122)123)84(133)111-72(48(15)16)89(138)105-57(32-45(9)10)79(128)97-39-66(118)109-75(52(22)25-2)92(141)100-54(77(95)126)29-42(3)4/h42-64,71-76,115-116H,24-41,94H2,1-23H3,(H2,95,126)(H,96,127)(H,97,128)(H,98,129)(H,99,117)(H,100,141)(H,101,130)(H,102,131)(H,103,135)(H,104,137)(H,105,138)(H,106,139)(H,107,142)(H,108,140)(H,109,118)(H,110,132)(H,111,133)(H,112,136)(H,113,134)(H,120,121)(H,122,123)(H,124,125)/t51-,52-,53+,54-,55-,56-,57-,58-,59-,60-,61-,62-,63-,64-,71-,72-,73-,74-,75-,76-/m0/s1. The fourth-order valence-electron chi connectivity index (χ4n) is 15.0. The monoisotopic (exact) mass is 2020 g/mol. The molecule has 0 aromatic heterocycles. The van der Waals surface area contributed by atoms with Gasteiger partial charge in [0.2, 0.25) is 118 Å². The lowest BCUT2D eigenvalue weighted by molar-refractivity contribution is -0.144. The number of primary amides is 1. The van der Waals surface area contributed by atoms with Gasteiger partial charge in [0, 0.05) is 6.54 Å². The molecule has 0 aromatic rings. The Morgan fingerprint density at radius 3 is 0.930 bits per heavy atom. The summed E-state index contributed by atoms with van der Waals surface area (Å²) in [6.07, 6.45) is -4.11. The molecule has 0 radical (unpaired) electrons. The summed E-state index contributed by atoms with van der Waals surface area (Å²) in [5, 5.41) is 94.9. The fourth-order valence-corrected chi connectivity index (χ4v) is 15.0. The van der Waals surface area contributed by atoms with Crippen molar-refractivity contribution in [3.63, 3.8) is 0 Å². The van der Waals surface area contributed by atoms with Gasteiger partial charge in [0.05, 0.1) is 57.6 Å². The quantitative estimate of drug-likeness (QED) is 0.0273. The first-order valence-corrected chi connectivity index (χ1v) is 48.6. The molecule has 0 aromatic carbocycles. The van der Waals surface area contributed by atoms with Gasteiger partial charge in [0.15, 0.2) is 0 Å². The molecule has 1 fully saturated rings. The maximum atomic E-state index is 14.3. The summed E-state index contributed by atoms with van der Waals surface area (Å²) in [6.45, 7) is 34.8. The van der Waals surface area contributed by atoms with Crippen LogP contribution < -0.4 is 107 Å². The van der Waals surface area contributed by atoms with Gasteiger partial charge < -0.3 is 138 Å². The minimum absolute atomic E-state index is 0.0242. The van der Waals surface area contributed by atoms with E-state index in [1.807, 2.05) is 41.5 Å². The van der Waals surface area contributed by atoms with Gasteiger partial charge in [-0.1, -0.05) is 165 Å². The number of aliphatic carboxylic acids is 3. The highest BCUT2D eigenvalue weighted by Gasteiger charge is 2.43. The summed E-state index contributed by atoms with van der Waals surface area (Å²) in [5.41, 5.74) is 11.7. The lowest BCUT2D eigenvalue weighted by Gasteiger charge is -2.29. The maximum Gasteiger partial charge on any atom is 0.305 e. The highest BCUT2D eigenvalue weighted by molar-refractivity contribution is 6.03. The lowest BCUT2D eigenvalue weighted by Crippen LogP contribution is -2.63. The number of nitrogens with two attached hydrogens (primary N) is 2. The molecule has 0 bridgehead atoms. The highest BCUT2D eigenvalue weighted by atomic mass is 16.4. The Kier molecular flexibility index (Phi) is 56.5. The molecule has 1 heterocycles. The molecule has 49 nitrogen and oxygen atoms in total. The van der Waals surface area contributed by atoms with Crippen LogP contribution in [0.3, 0.4) is 0 Å². The smallest absolute Gasteiger partial charge is 0.305 e. The van der Waals surface area contributed by atoms with Crippen molar-refractivity contribution in [2.24, 2.45) is 76.6 Å². The van der Waals surface area contributed by atoms with Crippen LogP contribution in [0.1, 0.15) is 243 Å². The molecule has 1 saturated heterocycles. The molecule has 0 unspecified atom stereocenters. The van der Waals surface area contributed by atoms with E-state index in [-0.39, 0.29) is 87.0 Å². The zero-order valence-corrected chi connectivity index (χ0v) is 86.2. The summed E-state index contributed by atoms with van der Waals surface area (Å²) in [5.74, 6) is -29.5. The van der Waals surface area contributed by atoms with Crippen LogP contribution in [0.5, 0.6) is 0 Å². The van der Waals surface area contributed by atoms with E-state index in [9.17, 15) is 136 Å². The number of rotatable bonds is 65. The van der Waals surface area contributed by atoms with Crippen LogP contribution in [-0.2, 0) is 110 Å². The zero-order valence-electron chi connectivity index (χ0n) is 86.2. The van der Waals surface area contributed by atoms with Crippen molar-refractivity contribution in [2.75, 3.05) is 32.8 Å². The molecule has 1 aliphatic heterocycles. The molecule has 0 aliphatic carbocycles. The van der Waals surface area contributed by atoms with Crippen molar-refractivity contribution >= 4 is 136 Å². The van der Waals surface area contributed by atoms with Gasteiger partial charge in [-0.05, 0) is 123 Å². The second-order valence-electron chi connectivity index (χ2n) is 40.0. The van der Waals surface area contributed by atoms with Gasteiger partial charge >= 0.3 is 17.9 Å². The van der Waals surface area contributed by atoms with Crippen LogP contribution in [0.4, 0.5) is 0 Å². The number of likely N-dealkylation sites (tertiary alicyclic amines) is 1. The number of carboxylic acid groups (broad SMARTS) is 3. The Morgan fingerprint density at radius 2 is 0.585 bits per heavy atom. The minimum atomic E-state index is -2.21. The van der Waals surface area contributed by atoms with E-state index in [0.717, 1.165) is 6.92 Å². The Morgan fingerprint density at radius 1 is 0.310 bits per heavy atom. The molecule has 20 atom stereocenters. The number of nitrogens with zero attached hydrogens (tertiary/aromatic N) is 1. The van der Waals surface area contributed by atoms with E-state index in [1.54, 1.807) is 83.1 Å². The van der Waals surface area contributed by atoms with E-state index < -0.39 is 320 Å². The van der Waals surface area contributed by atoms with Gasteiger partial charge in [0.25, 0.3) is 0 Å². The Balaban J connectivity index is 3.41. The summed E-state index contributed by atoms with van der Waals surface area (Å²) >= 11 is 0. The maximum absolute atomic E-state index is 14.3. The first kappa shape index (κ1) is 128. The average molecular weight is 2020 g/mol. The third-order valence-electron chi connectivity index (χ3n) is 23.2. The molecule has 20 amide bonds. The van der Waals surface area contributed by atoms with Crippen LogP contribution in [0.25, 0.3) is 0 Å². The van der Waals surface area contributed by atoms with Crippen LogP contribution in [0.15, 0.2) is 0 Å². The van der Waals surface area contributed by atoms with Crippen LogP contribution in [-0.4, -0.2) is 308 Å². The molecular formula is C93H161N21O28. The number of aliphatic hydroxyl groups is 2. The SMILES string of the molecule is CC[C@H](C)[C@H](N)C(=O)N[C@@H](CC(C)C)C(=O)NCC(=O)N1CCC[C@H]1C(=O)N[C@H](C(=O)N[C@@H](CC(C)C)C(=O)NCC(=O)N[C@@H](CC(C)C)C(=O)N[C@H](C(=O)N[C@@H](CO)C(=O)N[C@@H](CC(=O)O)C(=O)N[C@H](C(=O)N[C@@H](CC(C)C)C(=O)N[C@@H](CC(=O)O)C(=O)N[C@@H](CC(=O)O)C(=O)N[C@H](C(=O)N[C@@H](CC(C)C)C(=O)NCC(=O)N[C@H](C(=O)N[C@@H](CC(C)C)C(N)=O)[C@@H](C)CC)C(C)C)[C@@H](C)O)C(C)C)C(C)C. The van der Waals surface area contributed by atoms with Gasteiger partial charge in [-0.25, -0.2) is 0 Å². The van der Waals surface area contributed by atoms with E-state index in [0.29, 0.717) is 19.3 Å². The predicted molar refractivity (Wildman–Crippen MR) is 516 cm³/mol. The van der Waals surface area contributed by atoms with E-state index >= 15 is 0 Å². The van der Waals surface area contributed by atoms with Crippen LogP contribution in [0.2, 0.25) is 0 Å². The molecule has 27 N–H and O–H groups in total. The Labute approximate surface area is 829 Å². The van der Waals surface area contributed by atoms with Crippen LogP contribution in [0, 0.1) is 65.1 Å². The molecule has 806 valence electrons. The topological polar surface area (TPSA) is 766 Å². The van der Waals surface area contributed by atoms with Gasteiger partial charge in [0.1, 0.15) is 96.7 Å². The Hall–Kier alpha value is -12.3. The molecule has 0 saturated carbocycles. The van der Waals surface area contributed by atoms with Crippen molar-refractivity contribution < 1.29 is 136 Å². The normalized spacial score (nSPS) is 16.6. The highest BCUT2D eigenvalue weighted by Crippen LogP contribution is 2.22. The fraction of sp³-hybridized carbons (Fsp3) is 0.753. The first-order chi connectivity index (χ1) is 65.9. The van der Waals surface area contributed by atoms with Gasteiger partial charge in [-0.3, -0.25) is 110 Å². The van der Waals surface area contributed by atoms with Crippen molar-refractivity contribution in [3.8, 4) is 0 Å². The minimum Gasteiger partial charge on any atom is -0.481 e.